The lowest BCUT2D eigenvalue weighted by Gasteiger charge is -2.35. The van der Waals surface area contributed by atoms with Crippen LogP contribution in [0.2, 0.25) is 0 Å². The molecule has 0 spiro atoms. The monoisotopic (exact) mass is 367 g/mol. The number of nitrogens with zero attached hydrogens (tertiary/aromatic N) is 5. The third-order valence-electron chi connectivity index (χ3n) is 4.60. The summed E-state index contributed by atoms with van der Waals surface area (Å²) in [7, 11) is 0. The van der Waals surface area contributed by atoms with E-state index in [2.05, 4.69) is 20.1 Å². The second kappa shape index (κ2) is 6.86. The SMILES string of the molecule is Cc1cc(C(=O)N2CCCC(F)(c3nc(-c4cccnc4)no3)C2)ccn1. The van der Waals surface area contributed by atoms with Crippen LogP contribution < -0.4 is 0 Å². The molecule has 1 aliphatic heterocycles. The lowest BCUT2D eigenvalue weighted by Crippen LogP contribution is -2.46. The zero-order valence-corrected chi connectivity index (χ0v) is 14.8. The molecule has 0 aliphatic carbocycles. The largest absolute Gasteiger partial charge is 0.335 e. The molecule has 0 N–H and O–H groups in total. The first-order valence-corrected chi connectivity index (χ1v) is 8.71. The zero-order valence-electron chi connectivity index (χ0n) is 14.8. The number of carbonyl (C=O) groups excluding carboxylic acids is 1. The predicted molar refractivity (Wildman–Crippen MR) is 94.4 cm³/mol. The summed E-state index contributed by atoms with van der Waals surface area (Å²) in [5, 5.41) is 3.87. The molecule has 7 nitrogen and oxygen atoms in total. The van der Waals surface area contributed by atoms with E-state index in [4.69, 9.17) is 4.52 Å². The molecule has 138 valence electrons. The van der Waals surface area contributed by atoms with Crippen LogP contribution in [0.4, 0.5) is 4.39 Å². The summed E-state index contributed by atoms with van der Waals surface area (Å²) in [4.78, 5) is 26.6. The van der Waals surface area contributed by atoms with E-state index in [0.717, 1.165) is 5.69 Å². The van der Waals surface area contributed by atoms with E-state index in [1.165, 1.54) is 4.90 Å². The van der Waals surface area contributed by atoms with Crippen molar-refractivity contribution in [3.8, 4) is 11.4 Å². The Labute approximate surface area is 155 Å². The number of piperidine rings is 1. The Morgan fingerprint density at radius 1 is 1.33 bits per heavy atom. The fourth-order valence-corrected chi connectivity index (χ4v) is 3.24. The Bertz CT molecular complexity index is 961. The minimum absolute atomic E-state index is 0.107. The second-order valence-corrected chi connectivity index (χ2v) is 6.65. The summed E-state index contributed by atoms with van der Waals surface area (Å²) in [5.74, 6) is -0.0534. The van der Waals surface area contributed by atoms with Crippen LogP contribution in [-0.4, -0.2) is 44.0 Å². The molecule has 1 atom stereocenters. The molecule has 0 aromatic carbocycles. The van der Waals surface area contributed by atoms with Gasteiger partial charge in [-0.05, 0) is 44.0 Å². The summed E-state index contributed by atoms with van der Waals surface area (Å²) < 4.78 is 20.8. The molecule has 0 saturated carbocycles. The molecule has 1 amide bonds. The lowest BCUT2D eigenvalue weighted by molar-refractivity contribution is 0.0152. The number of likely N-dealkylation sites (tertiary alicyclic amines) is 1. The molecule has 3 aromatic heterocycles. The summed E-state index contributed by atoms with van der Waals surface area (Å²) in [6.07, 6.45) is 5.53. The first kappa shape index (κ1) is 17.3. The van der Waals surface area contributed by atoms with Crippen molar-refractivity contribution in [3.63, 3.8) is 0 Å². The van der Waals surface area contributed by atoms with E-state index in [-0.39, 0.29) is 30.6 Å². The Morgan fingerprint density at radius 2 is 2.22 bits per heavy atom. The summed E-state index contributed by atoms with van der Waals surface area (Å²) >= 11 is 0. The standard InChI is InChI=1S/C19H18FN5O2/c1-13-10-14(5-8-22-13)17(26)25-9-3-6-19(20,12-25)18-23-16(24-27-18)15-4-2-7-21-11-15/h2,4-5,7-8,10-11H,3,6,9,12H2,1H3. The third-order valence-corrected chi connectivity index (χ3v) is 4.60. The van der Waals surface area contributed by atoms with Gasteiger partial charge in [-0.2, -0.15) is 4.98 Å². The van der Waals surface area contributed by atoms with Crippen molar-refractivity contribution in [1.29, 1.82) is 0 Å². The van der Waals surface area contributed by atoms with E-state index >= 15 is 4.39 Å². The van der Waals surface area contributed by atoms with Gasteiger partial charge >= 0.3 is 0 Å². The van der Waals surface area contributed by atoms with Crippen LogP contribution in [0.15, 0.2) is 47.4 Å². The lowest BCUT2D eigenvalue weighted by atomic mass is 9.94. The van der Waals surface area contributed by atoms with Gasteiger partial charge in [-0.3, -0.25) is 14.8 Å². The number of hydrogen-bond donors (Lipinski definition) is 0. The van der Waals surface area contributed by atoms with Gasteiger partial charge in [0.25, 0.3) is 11.8 Å². The highest BCUT2D eigenvalue weighted by molar-refractivity contribution is 5.94. The topological polar surface area (TPSA) is 85.0 Å². The third kappa shape index (κ3) is 3.42. The Balaban J connectivity index is 1.57. The maximum Gasteiger partial charge on any atom is 0.266 e. The fourth-order valence-electron chi connectivity index (χ4n) is 3.24. The second-order valence-electron chi connectivity index (χ2n) is 6.65. The van der Waals surface area contributed by atoms with Crippen molar-refractivity contribution >= 4 is 5.91 Å². The maximum atomic E-state index is 15.6. The maximum absolute atomic E-state index is 15.6. The van der Waals surface area contributed by atoms with Gasteiger partial charge in [-0.15, -0.1) is 0 Å². The van der Waals surface area contributed by atoms with E-state index in [1.807, 2.05) is 6.92 Å². The van der Waals surface area contributed by atoms with E-state index in [1.54, 1.807) is 42.9 Å². The summed E-state index contributed by atoms with van der Waals surface area (Å²) in [5.41, 5.74) is 0.00602. The minimum atomic E-state index is -1.87. The van der Waals surface area contributed by atoms with Crippen molar-refractivity contribution in [2.24, 2.45) is 0 Å². The van der Waals surface area contributed by atoms with Crippen LogP contribution in [0.3, 0.4) is 0 Å². The van der Waals surface area contributed by atoms with Gasteiger partial charge in [0.15, 0.2) is 0 Å². The van der Waals surface area contributed by atoms with Gasteiger partial charge in [-0.1, -0.05) is 5.16 Å². The number of amides is 1. The smallest absolute Gasteiger partial charge is 0.266 e. The van der Waals surface area contributed by atoms with Gasteiger partial charge in [0.2, 0.25) is 11.5 Å². The molecule has 4 rings (SSSR count). The fraction of sp³-hybridized carbons (Fsp3) is 0.316. The van der Waals surface area contributed by atoms with E-state index in [0.29, 0.717) is 24.1 Å². The molecule has 0 bridgehead atoms. The highest BCUT2D eigenvalue weighted by atomic mass is 19.1. The number of aryl methyl sites for hydroxylation is 1. The molecule has 1 unspecified atom stereocenters. The molecule has 3 aromatic rings. The first-order chi connectivity index (χ1) is 13.0. The summed E-state index contributed by atoms with van der Waals surface area (Å²) in [6, 6.07) is 6.85. The number of hydrogen-bond acceptors (Lipinski definition) is 6. The Morgan fingerprint density at radius 3 is 3.00 bits per heavy atom. The van der Waals surface area contributed by atoms with Crippen molar-refractivity contribution in [3.05, 3.63) is 60.0 Å². The minimum Gasteiger partial charge on any atom is -0.335 e. The molecule has 8 heteroatoms. The average Bonchev–Trinajstić information content (AvgIpc) is 3.19. The predicted octanol–water partition coefficient (Wildman–Crippen LogP) is 2.94. The van der Waals surface area contributed by atoms with E-state index < -0.39 is 5.67 Å². The molecule has 1 saturated heterocycles. The van der Waals surface area contributed by atoms with Crippen molar-refractivity contribution in [2.75, 3.05) is 13.1 Å². The number of rotatable bonds is 3. The van der Waals surface area contributed by atoms with Crippen LogP contribution in [0.1, 0.15) is 34.8 Å². The first-order valence-electron chi connectivity index (χ1n) is 8.71. The van der Waals surface area contributed by atoms with Gasteiger partial charge in [-0.25, -0.2) is 4.39 Å². The van der Waals surface area contributed by atoms with Gasteiger partial charge < -0.3 is 9.42 Å². The quantitative estimate of drug-likeness (QED) is 0.708. The Hall–Kier alpha value is -3.16. The molecular formula is C19H18FN5O2. The van der Waals surface area contributed by atoms with E-state index in [9.17, 15) is 4.79 Å². The Kier molecular flexibility index (Phi) is 4.39. The molecule has 4 heterocycles. The highest BCUT2D eigenvalue weighted by Crippen LogP contribution is 2.36. The molecular weight excluding hydrogens is 349 g/mol. The zero-order chi connectivity index (χ0) is 18.9. The molecule has 1 aliphatic rings. The number of pyridine rings is 2. The number of alkyl halides is 1. The normalized spacial score (nSPS) is 19.9. The van der Waals surface area contributed by atoms with Crippen molar-refractivity contribution < 1.29 is 13.7 Å². The average molecular weight is 367 g/mol. The van der Waals surface area contributed by atoms with Crippen molar-refractivity contribution in [2.45, 2.75) is 25.4 Å². The van der Waals surface area contributed by atoms with Gasteiger partial charge in [0.1, 0.15) is 0 Å². The molecule has 27 heavy (non-hydrogen) atoms. The van der Waals surface area contributed by atoms with Crippen LogP contribution in [0.5, 0.6) is 0 Å². The van der Waals surface area contributed by atoms with Gasteiger partial charge in [0, 0.05) is 42.0 Å². The molecule has 1 fully saturated rings. The number of aromatic nitrogens is 4. The number of carbonyl (C=O) groups is 1. The van der Waals surface area contributed by atoms with Crippen LogP contribution in [0, 0.1) is 6.92 Å². The van der Waals surface area contributed by atoms with Gasteiger partial charge in [0.05, 0.1) is 6.54 Å². The highest BCUT2D eigenvalue weighted by Gasteiger charge is 2.44. The molecule has 0 radical (unpaired) electrons. The van der Waals surface area contributed by atoms with Crippen LogP contribution in [0.25, 0.3) is 11.4 Å². The van der Waals surface area contributed by atoms with Crippen LogP contribution >= 0.6 is 0 Å². The summed E-state index contributed by atoms with van der Waals surface area (Å²) in [6.45, 7) is 2.17. The van der Waals surface area contributed by atoms with Crippen molar-refractivity contribution in [1.82, 2.24) is 25.0 Å². The van der Waals surface area contributed by atoms with Crippen LogP contribution in [-0.2, 0) is 5.67 Å². The number of halogens is 1.